The number of aliphatic hydroxyl groups excluding tert-OH is 2. The Labute approximate surface area is 91.7 Å². The molecule has 4 N–H and O–H groups in total. The summed E-state index contributed by atoms with van der Waals surface area (Å²) in [5.41, 5.74) is 5.22. The van der Waals surface area contributed by atoms with Crippen LogP contribution in [0.2, 0.25) is 0 Å². The van der Waals surface area contributed by atoms with Crippen LogP contribution in [0.3, 0.4) is 0 Å². The lowest BCUT2D eigenvalue weighted by atomic mass is 10.0. The van der Waals surface area contributed by atoms with Gasteiger partial charge in [-0.2, -0.15) is 0 Å². The van der Waals surface area contributed by atoms with Gasteiger partial charge in [0, 0.05) is 0 Å². The zero-order valence-electron chi connectivity index (χ0n) is 8.48. The predicted molar refractivity (Wildman–Crippen MR) is 55.5 cm³/mol. The fourth-order valence-electron chi connectivity index (χ4n) is 1.33. The average molecular weight is 227 g/mol. The van der Waals surface area contributed by atoms with Gasteiger partial charge >= 0.3 is 5.82 Å². The number of nitrogens with zero attached hydrogens (tertiary/aromatic N) is 2. The van der Waals surface area contributed by atoms with Crippen molar-refractivity contribution in [1.29, 1.82) is 0 Å². The number of nitrogens with two attached hydrogens (primary N) is 1. The fraction of sp³-hybridized carbons (Fsp3) is 0.444. The molecule has 1 aromatic heterocycles. The molecule has 0 aromatic carbocycles. The smallest absolute Gasteiger partial charge is 0.369 e. The standard InChI is InChI=1S/C9H13N3O4/c10-4-3-7(13)8(14)6-2-1-5-11-9(6)12(15)16/h1-2,5,7-8,13-14H,3-4,10H2. The van der Waals surface area contributed by atoms with Gasteiger partial charge in [-0.1, -0.05) is 0 Å². The van der Waals surface area contributed by atoms with Crippen LogP contribution in [0, 0.1) is 10.1 Å². The third kappa shape index (κ3) is 2.72. The maximum absolute atomic E-state index is 10.6. The summed E-state index contributed by atoms with van der Waals surface area (Å²) in [4.78, 5) is 13.5. The lowest BCUT2D eigenvalue weighted by Crippen LogP contribution is -2.22. The van der Waals surface area contributed by atoms with Crippen molar-refractivity contribution in [3.63, 3.8) is 0 Å². The van der Waals surface area contributed by atoms with Gasteiger partial charge < -0.3 is 26.1 Å². The minimum absolute atomic E-state index is 0.00606. The lowest BCUT2D eigenvalue weighted by molar-refractivity contribution is -0.391. The van der Waals surface area contributed by atoms with Gasteiger partial charge in [0.1, 0.15) is 12.3 Å². The average Bonchev–Trinajstić information content (AvgIpc) is 2.28. The normalized spacial score (nSPS) is 14.4. The first-order valence-electron chi connectivity index (χ1n) is 4.73. The summed E-state index contributed by atoms with van der Waals surface area (Å²) in [6.07, 6.45) is -1.07. The number of aliphatic hydroxyl groups is 2. The van der Waals surface area contributed by atoms with Crippen LogP contribution in [0.1, 0.15) is 18.1 Å². The molecule has 0 aliphatic carbocycles. The van der Waals surface area contributed by atoms with Crippen molar-refractivity contribution < 1.29 is 15.1 Å². The number of nitro groups is 1. The van der Waals surface area contributed by atoms with Crippen molar-refractivity contribution in [2.75, 3.05) is 6.54 Å². The van der Waals surface area contributed by atoms with E-state index in [9.17, 15) is 20.3 Å². The van der Waals surface area contributed by atoms with Crippen molar-refractivity contribution in [1.82, 2.24) is 4.98 Å². The number of hydrogen-bond donors (Lipinski definition) is 3. The molecule has 7 heteroatoms. The minimum atomic E-state index is -1.35. The van der Waals surface area contributed by atoms with E-state index >= 15 is 0 Å². The number of rotatable bonds is 5. The Morgan fingerprint density at radius 3 is 2.81 bits per heavy atom. The molecule has 1 aromatic rings. The SMILES string of the molecule is NCCC(O)C(O)c1cccnc1[N+](=O)[O-]. The van der Waals surface area contributed by atoms with Gasteiger partial charge in [0.15, 0.2) is 0 Å². The van der Waals surface area contributed by atoms with Crippen molar-refractivity contribution in [3.05, 3.63) is 34.0 Å². The maximum atomic E-state index is 10.6. The number of aromatic nitrogens is 1. The van der Waals surface area contributed by atoms with Crippen molar-refractivity contribution in [2.24, 2.45) is 5.73 Å². The second kappa shape index (κ2) is 5.50. The van der Waals surface area contributed by atoms with E-state index in [4.69, 9.17) is 5.73 Å². The van der Waals surface area contributed by atoms with Gasteiger partial charge in [-0.25, -0.2) is 0 Å². The van der Waals surface area contributed by atoms with E-state index in [-0.39, 0.29) is 18.5 Å². The highest BCUT2D eigenvalue weighted by Crippen LogP contribution is 2.25. The molecule has 16 heavy (non-hydrogen) atoms. The van der Waals surface area contributed by atoms with E-state index in [1.807, 2.05) is 0 Å². The van der Waals surface area contributed by atoms with Crippen LogP contribution in [-0.2, 0) is 0 Å². The van der Waals surface area contributed by atoms with Crippen molar-refractivity contribution >= 4 is 5.82 Å². The summed E-state index contributed by atoms with van der Waals surface area (Å²) < 4.78 is 0. The zero-order chi connectivity index (χ0) is 12.1. The first-order valence-corrected chi connectivity index (χ1v) is 4.73. The largest absolute Gasteiger partial charge is 0.390 e. The van der Waals surface area contributed by atoms with Gasteiger partial charge in [-0.15, -0.1) is 0 Å². The van der Waals surface area contributed by atoms with Crippen LogP contribution in [0.4, 0.5) is 5.82 Å². The van der Waals surface area contributed by atoms with Crippen LogP contribution in [0.5, 0.6) is 0 Å². The second-order valence-electron chi connectivity index (χ2n) is 3.26. The van der Waals surface area contributed by atoms with Gasteiger partial charge in [-0.05, 0) is 35.0 Å². The van der Waals surface area contributed by atoms with Crippen LogP contribution in [0.25, 0.3) is 0 Å². The molecule has 0 saturated heterocycles. The summed E-state index contributed by atoms with van der Waals surface area (Å²) in [5.74, 6) is -0.453. The Morgan fingerprint density at radius 1 is 1.56 bits per heavy atom. The summed E-state index contributed by atoms with van der Waals surface area (Å²) in [7, 11) is 0. The Bertz CT molecular complexity index is 372. The molecule has 7 nitrogen and oxygen atoms in total. The van der Waals surface area contributed by atoms with E-state index in [2.05, 4.69) is 4.98 Å². The van der Waals surface area contributed by atoms with E-state index in [0.717, 1.165) is 0 Å². The predicted octanol–water partition coefficient (Wildman–Crippen LogP) is -0.267. The molecule has 0 amide bonds. The Morgan fingerprint density at radius 2 is 2.25 bits per heavy atom. The van der Waals surface area contributed by atoms with Crippen LogP contribution >= 0.6 is 0 Å². The van der Waals surface area contributed by atoms with E-state index in [1.165, 1.54) is 18.3 Å². The molecule has 0 saturated carbocycles. The van der Waals surface area contributed by atoms with Crippen molar-refractivity contribution in [2.45, 2.75) is 18.6 Å². The Kier molecular flexibility index (Phi) is 4.29. The van der Waals surface area contributed by atoms with E-state index in [0.29, 0.717) is 0 Å². The first-order chi connectivity index (χ1) is 7.57. The van der Waals surface area contributed by atoms with Crippen LogP contribution in [-0.4, -0.2) is 32.8 Å². The molecule has 2 unspecified atom stereocenters. The van der Waals surface area contributed by atoms with Gasteiger partial charge in [0.2, 0.25) is 0 Å². The third-order valence-electron chi connectivity index (χ3n) is 2.14. The molecule has 0 spiro atoms. The molecule has 0 aliphatic rings. The topological polar surface area (TPSA) is 123 Å². The van der Waals surface area contributed by atoms with Crippen LogP contribution < -0.4 is 5.73 Å². The third-order valence-corrected chi connectivity index (χ3v) is 2.14. The number of hydrogen-bond acceptors (Lipinski definition) is 6. The number of pyridine rings is 1. The van der Waals surface area contributed by atoms with E-state index < -0.39 is 22.9 Å². The molecule has 0 fully saturated rings. The van der Waals surface area contributed by atoms with Crippen LogP contribution in [0.15, 0.2) is 18.3 Å². The van der Waals surface area contributed by atoms with Gasteiger partial charge in [-0.3, -0.25) is 0 Å². The molecule has 2 atom stereocenters. The minimum Gasteiger partial charge on any atom is -0.390 e. The lowest BCUT2D eigenvalue weighted by Gasteiger charge is -2.16. The van der Waals surface area contributed by atoms with Crippen molar-refractivity contribution in [3.8, 4) is 0 Å². The monoisotopic (exact) mass is 227 g/mol. The fourth-order valence-corrected chi connectivity index (χ4v) is 1.33. The van der Waals surface area contributed by atoms with Gasteiger partial charge in [0.25, 0.3) is 0 Å². The molecule has 0 aliphatic heterocycles. The summed E-state index contributed by atoms with van der Waals surface area (Å²) >= 11 is 0. The highest BCUT2D eigenvalue weighted by Gasteiger charge is 2.26. The van der Waals surface area contributed by atoms with Gasteiger partial charge in [0.05, 0.1) is 11.7 Å². The molecule has 1 rings (SSSR count). The first kappa shape index (κ1) is 12.5. The molecular formula is C9H13N3O4. The molecule has 0 bridgehead atoms. The zero-order valence-corrected chi connectivity index (χ0v) is 8.48. The highest BCUT2D eigenvalue weighted by molar-refractivity contribution is 5.34. The summed E-state index contributed by atoms with van der Waals surface area (Å²) in [5, 5.41) is 29.8. The Hall–Kier alpha value is -1.57. The summed E-state index contributed by atoms with van der Waals surface area (Å²) in [6, 6.07) is 2.82. The molecule has 1 heterocycles. The quantitative estimate of drug-likeness (QED) is 0.470. The molecule has 0 radical (unpaired) electrons. The maximum Gasteiger partial charge on any atom is 0.369 e. The Balaban J connectivity index is 2.98. The van der Waals surface area contributed by atoms with E-state index in [1.54, 1.807) is 0 Å². The molecule has 88 valence electrons. The highest BCUT2D eigenvalue weighted by atomic mass is 16.6. The second-order valence-corrected chi connectivity index (χ2v) is 3.26. The summed E-state index contributed by atoms with van der Waals surface area (Å²) in [6.45, 7) is 0.187. The molecular weight excluding hydrogens is 214 g/mol.